The summed E-state index contributed by atoms with van der Waals surface area (Å²) in [6.07, 6.45) is 3.08. The highest BCUT2D eigenvalue weighted by molar-refractivity contribution is 5.71. The SMILES string of the molecule is CN1CCCCC1C(CO)C(=O)O. The fraction of sp³-hybridized carbons (Fsp3) is 0.889. The maximum absolute atomic E-state index is 10.8. The van der Waals surface area contributed by atoms with Crippen LogP contribution in [0, 0.1) is 5.92 Å². The molecular formula is C9H17NO3. The highest BCUT2D eigenvalue weighted by Crippen LogP contribution is 2.21. The first-order valence-corrected chi connectivity index (χ1v) is 4.70. The van der Waals surface area contributed by atoms with Crippen LogP contribution >= 0.6 is 0 Å². The minimum absolute atomic E-state index is 0.0104. The fourth-order valence-electron chi connectivity index (χ4n) is 1.97. The van der Waals surface area contributed by atoms with Crippen molar-refractivity contribution in [1.82, 2.24) is 4.90 Å². The smallest absolute Gasteiger partial charge is 0.310 e. The van der Waals surface area contributed by atoms with Gasteiger partial charge in [0, 0.05) is 6.04 Å². The standard InChI is InChI=1S/C9H17NO3/c1-10-5-3-2-4-8(10)7(6-11)9(12)13/h7-8,11H,2-6H2,1H3,(H,12,13). The summed E-state index contributed by atoms with van der Waals surface area (Å²) in [7, 11) is 1.93. The summed E-state index contributed by atoms with van der Waals surface area (Å²) in [5.41, 5.74) is 0. The van der Waals surface area contributed by atoms with Crippen molar-refractivity contribution in [2.75, 3.05) is 20.2 Å². The lowest BCUT2D eigenvalue weighted by Gasteiger charge is -2.35. The number of aliphatic hydroxyl groups excluding tert-OH is 1. The number of carboxylic acid groups (broad SMARTS) is 1. The van der Waals surface area contributed by atoms with Crippen LogP contribution in [-0.4, -0.2) is 47.3 Å². The molecule has 2 atom stereocenters. The molecule has 1 rings (SSSR count). The molecule has 0 aromatic heterocycles. The van der Waals surface area contributed by atoms with Gasteiger partial charge in [-0.1, -0.05) is 6.42 Å². The van der Waals surface area contributed by atoms with Gasteiger partial charge in [-0.25, -0.2) is 0 Å². The number of carboxylic acids is 1. The summed E-state index contributed by atoms with van der Waals surface area (Å²) in [5, 5.41) is 17.8. The summed E-state index contributed by atoms with van der Waals surface area (Å²) in [6.45, 7) is 0.679. The maximum Gasteiger partial charge on any atom is 0.310 e. The Kier molecular flexibility index (Phi) is 3.69. The van der Waals surface area contributed by atoms with Crippen LogP contribution in [0.4, 0.5) is 0 Å². The second-order valence-electron chi connectivity index (χ2n) is 3.67. The Morgan fingerprint density at radius 2 is 2.31 bits per heavy atom. The van der Waals surface area contributed by atoms with E-state index in [2.05, 4.69) is 0 Å². The van der Waals surface area contributed by atoms with Crippen LogP contribution in [0.2, 0.25) is 0 Å². The largest absolute Gasteiger partial charge is 0.481 e. The first-order chi connectivity index (χ1) is 6.16. The average Bonchev–Trinajstić information content (AvgIpc) is 2.09. The molecule has 0 aromatic carbocycles. The predicted molar refractivity (Wildman–Crippen MR) is 48.5 cm³/mol. The zero-order chi connectivity index (χ0) is 9.84. The lowest BCUT2D eigenvalue weighted by molar-refractivity contribution is -0.146. The molecule has 1 heterocycles. The highest BCUT2D eigenvalue weighted by atomic mass is 16.4. The van der Waals surface area contributed by atoms with E-state index in [1.807, 2.05) is 11.9 Å². The minimum Gasteiger partial charge on any atom is -0.481 e. The van der Waals surface area contributed by atoms with Crippen LogP contribution in [0.15, 0.2) is 0 Å². The van der Waals surface area contributed by atoms with E-state index in [-0.39, 0.29) is 12.6 Å². The molecule has 13 heavy (non-hydrogen) atoms. The van der Waals surface area contributed by atoms with E-state index in [1.54, 1.807) is 0 Å². The molecule has 2 N–H and O–H groups in total. The Balaban J connectivity index is 2.60. The normalized spacial score (nSPS) is 27.1. The van der Waals surface area contributed by atoms with E-state index < -0.39 is 11.9 Å². The van der Waals surface area contributed by atoms with Gasteiger partial charge in [0.25, 0.3) is 0 Å². The van der Waals surface area contributed by atoms with E-state index in [0.29, 0.717) is 0 Å². The summed E-state index contributed by atoms with van der Waals surface area (Å²) in [4.78, 5) is 12.8. The molecule has 0 radical (unpaired) electrons. The monoisotopic (exact) mass is 187 g/mol. The van der Waals surface area contributed by atoms with Gasteiger partial charge in [0.1, 0.15) is 0 Å². The van der Waals surface area contributed by atoms with Gasteiger partial charge >= 0.3 is 5.97 Å². The van der Waals surface area contributed by atoms with E-state index in [9.17, 15) is 4.79 Å². The van der Waals surface area contributed by atoms with Crippen molar-refractivity contribution in [3.8, 4) is 0 Å². The summed E-state index contributed by atoms with van der Waals surface area (Å²) < 4.78 is 0. The van der Waals surface area contributed by atoms with Crippen molar-refractivity contribution in [3.63, 3.8) is 0 Å². The molecule has 0 spiro atoms. The Morgan fingerprint density at radius 3 is 2.77 bits per heavy atom. The van der Waals surface area contributed by atoms with Gasteiger partial charge in [-0.05, 0) is 26.4 Å². The van der Waals surface area contributed by atoms with Gasteiger partial charge in [-0.15, -0.1) is 0 Å². The third kappa shape index (κ3) is 2.42. The van der Waals surface area contributed by atoms with E-state index >= 15 is 0 Å². The number of aliphatic hydroxyl groups is 1. The van der Waals surface area contributed by atoms with Crippen molar-refractivity contribution < 1.29 is 15.0 Å². The molecule has 1 aliphatic rings. The molecule has 0 aromatic rings. The van der Waals surface area contributed by atoms with Crippen LogP contribution in [-0.2, 0) is 4.79 Å². The van der Waals surface area contributed by atoms with Gasteiger partial charge in [-0.3, -0.25) is 4.79 Å². The van der Waals surface area contributed by atoms with E-state index in [0.717, 1.165) is 25.8 Å². The summed E-state index contributed by atoms with van der Waals surface area (Å²) in [5.74, 6) is -1.51. The lowest BCUT2D eigenvalue weighted by atomic mass is 9.91. The van der Waals surface area contributed by atoms with Crippen molar-refractivity contribution in [1.29, 1.82) is 0 Å². The van der Waals surface area contributed by atoms with Gasteiger partial charge < -0.3 is 15.1 Å². The van der Waals surface area contributed by atoms with Gasteiger partial charge in [-0.2, -0.15) is 0 Å². The van der Waals surface area contributed by atoms with Crippen LogP contribution in [0.5, 0.6) is 0 Å². The zero-order valence-electron chi connectivity index (χ0n) is 7.94. The first-order valence-electron chi connectivity index (χ1n) is 4.70. The second kappa shape index (κ2) is 4.58. The Bertz CT molecular complexity index is 184. The van der Waals surface area contributed by atoms with Crippen LogP contribution in [0.25, 0.3) is 0 Å². The summed E-state index contributed by atoms with van der Waals surface area (Å²) >= 11 is 0. The topological polar surface area (TPSA) is 60.8 Å². The van der Waals surface area contributed by atoms with Gasteiger partial charge in [0.05, 0.1) is 12.5 Å². The average molecular weight is 187 g/mol. The molecule has 4 nitrogen and oxygen atoms in total. The first kappa shape index (κ1) is 10.5. The number of piperidine rings is 1. The molecular weight excluding hydrogens is 170 g/mol. The van der Waals surface area contributed by atoms with Crippen molar-refractivity contribution >= 4 is 5.97 Å². The van der Waals surface area contributed by atoms with Gasteiger partial charge in [0.2, 0.25) is 0 Å². The zero-order valence-corrected chi connectivity index (χ0v) is 7.94. The molecule has 0 aliphatic carbocycles. The molecule has 1 aliphatic heterocycles. The number of aliphatic carboxylic acids is 1. The van der Waals surface area contributed by atoms with E-state index in [1.165, 1.54) is 0 Å². The van der Waals surface area contributed by atoms with Gasteiger partial charge in [0.15, 0.2) is 0 Å². The van der Waals surface area contributed by atoms with E-state index in [4.69, 9.17) is 10.2 Å². The molecule has 1 fully saturated rings. The number of hydrogen-bond donors (Lipinski definition) is 2. The highest BCUT2D eigenvalue weighted by Gasteiger charge is 2.31. The number of carbonyl (C=O) groups is 1. The summed E-state index contributed by atoms with van der Waals surface area (Å²) in [6, 6.07) is 0.0104. The number of rotatable bonds is 3. The Labute approximate surface area is 78.2 Å². The van der Waals surface area contributed by atoms with Crippen LogP contribution in [0.1, 0.15) is 19.3 Å². The minimum atomic E-state index is -0.888. The third-order valence-corrected chi connectivity index (χ3v) is 2.81. The molecule has 76 valence electrons. The van der Waals surface area contributed by atoms with Crippen molar-refractivity contribution in [2.24, 2.45) is 5.92 Å². The molecule has 4 heteroatoms. The van der Waals surface area contributed by atoms with Crippen molar-refractivity contribution in [2.45, 2.75) is 25.3 Å². The predicted octanol–water partition coefficient (Wildman–Crippen LogP) is 0.164. The number of nitrogens with zero attached hydrogens (tertiary/aromatic N) is 1. The molecule has 0 amide bonds. The van der Waals surface area contributed by atoms with Crippen molar-refractivity contribution in [3.05, 3.63) is 0 Å². The molecule has 2 unspecified atom stereocenters. The lowest BCUT2D eigenvalue weighted by Crippen LogP contribution is -2.45. The number of likely N-dealkylation sites (tertiary alicyclic amines) is 1. The molecule has 1 saturated heterocycles. The second-order valence-corrected chi connectivity index (χ2v) is 3.67. The van der Waals surface area contributed by atoms with Crippen LogP contribution in [0.3, 0.4) is 0 Å². The molecule has 0 saturated carbocycles. The quantitative estimate of drug-likeness (QED) is 0.661. The number of hydrogen-bond acceptors (Lipinski definition) is 3. The van der Waals surface area contributed by atoms with Crippen LogP contribution < -0.4 is 0 Å². The fourth-order valence-corrected chi connectivity index (χ4v) is 1.97. The third-order valence-electron chi connectivity index (χ3n) is 2.81. The molecule has 0 bridgehead atoms. The Morgan fingerprint density at radius 1 is 1.62 bits per heavy atom. The Hall–Kier alpha value is -0.610. The maximum atomic E-state index is 10.8.